The Morgan fingerprint density at radius 3 is 1.35 bits per heavy atom. The zero-order valence-electron chi connectivity index (χ0n) is 9.96. The maximum absolute atomic E-state index is 11.6. The summed E-state index contributed by atoms with van der Waals surface area (Å²) in [7, 11) is 0. The van der Waals surface area contributed by atoms with Crippen molar-refractivity contribution in [2.75, 3.05) is 39.6 Å². The molecule has 0 radical (unpaired) electrons. The van der Waals surface area contributed by atoms with Crippen LogP contribution in [0.25, 0.3) is 0 Å². The van der Waals surface area contributed by atoms with Gasteiger partial charge in [0.15, 0.2) is 0 Å². The fraction of sp³-hybridized carbons (Fsp3) is 1.00. The number of rotatable bonds is 10. The number of ether oxygens (including phenoxy) is 2. The fourth-order valence-electron chi connectivity index (χ4n) is 0.732. The van der Waals surface area contributed by atoms with E-state index in [0.29, 0.717) is 0 Å². The van der Waals surface area contributed by atoms with E-state index >= 15 is 0 Å². The fourth-order valence-corrected chi connectivity index (χ4v) is 1.21. The molecular formula is C8H12F6O5S. The Bertz CT molecular complexity index is 256. The van der Waals surface area contributed by atoms with Crippen LogP contribution in [0.2, 0.25) is 0 Å². The lowest BCUT2D eigenvalue weighted by Gasteiger charge is -2.08. The maximum atomic E-state index is 11.6. The molecule has 0 bridgehead atoms. The minimum atomic E-state index is -4.47. The van der Waals surface area contributed by atoms with Gasteiger partial charge < -0.3 is 9.47 Å². The van der Waals surface area contributed by atoms with Crippen molar-refractivity contribution in [2.45, 2.75) is 12.4 Å². The van der Waals surface area contributed by atoms with Gasteiger partial charge in [-0.05, 0) is 0 Å². The van der Waals surface area contributed by atoms with Crippen LogP contribution in [0.4, 0.5) is 26.3 Å². The molecule has 0 aliphatic carbocycles. The second kappa shape index (κ2) is 9.50. The van der Waals surface area contributed by atoms with Crippen LogP contribution in [0.5, 0.6) is 0 Å². The van der Waals surface area contributed by atoms with Gasteiger partial charge in [0.25, 0.3) is 0 Å². The van der Waals surface area contributed by atoms with Crippen molar-refractivity contribution < 1.29 is 48.4 Å². The molecule has 0 aliphatic heterocycles. The van der Waals surface area contributed by atoms with Gasteiger partial charge in [-0.15, -0.1) is 0 Å². The molecule has 12 heteroatoms. The van der Waals surface area contributed by atoms with E-state index in [0.717, 1.165) is 0 Å². The average molecular weight is 334 g/mol. The summed E-state index contributed by atoms with van der Waals surface area (Å²) in [5, 5.41) is 0. The minimum Gasteiger partial charge on any atom is -0.370 e. The normalized spacial score (nSPS) is 13.2. The van der Waals surface area contributed by atoms with Crippen LogP contribution in [-0.2, 0) is 29.2 Å². The van der Waals surface area contributed by atoms with E-state index in [4.69, 9.17) is 0 Å². The largest absolute Gasteiger partial charge is 0.411 e. The molecule has 0 aromatic heterocycles. The molecule has 0 aromatic carbocycles. The van der Waals surface area contributed by atoms with Crippen LogP contribution < -0.4 is 0 Å². The van der Waals surface area contributed by atoms with Crippen molar-refractivity contribution in [1.82, 2.24) is 0 Å². The Hall–Kier alpha value is -0.430. The van der Waals surface area contributed by atoms with Gasteiger partial charge in [-0.3, -0.25) is 8.37 Å². The highest BCUT2D eigenvalue weighted by Crippen LogP contribution is 2.14. The molecule has 0 saturated heterocycles. The first-order chi connectivity index (χ1) is 9.10. The molecule has 0 fully saturated rings. The van der Waals surface area contributed by atoms with Crippen molar-refractivity contribution in [3.05, 3.63) is 0 Å². The molecule has 0 atom stereocenters. The van der Waals surface area contributed by atoms with Crippen molar-refractivity contribution in [3.63, 3.8) is 0 Å². The summed E-state index contributed by atoms with van der Waals surface area (Å²) in [5.41, 5.74) is 0. The molecule has 0 N–H and O–H groups in total. The Morgan fingerprint density at radius 1 is 0.700 bits per heavy atom. The molecule has 0 heterocycles. The molecule has 0 aromatic rings. The maximum Gasteiger partial charge on any atom is 0.411 e. The highest BCUT2D eigenvalue weighted by molar-refractivity contribution is 7.75. The van der Waals surface area contributed by atoms with E-state index in [-0.39, 0.29) is 0 Å². The molecule has 20 heavy (non-hydrogen) atoms. The van der Waals surface area contributed by atoms with E-state index in [1.54, 1.807) is 0 Å². The van der Waals surface area contributed by atoms with Gasteiger partial charge in [0.05, 0.1) is 26.4 Å². The standard InChI is InChI=1S/C8H12F6O5S/c9-7(10,11)5-16-1-3-18-20(15)19-4-2-17-6-8(12,13)14/h1-6H2. The molecule has 0 spiro atoms. The number of hydrogen-bond donors (Lipinski definition) is 0. The SMILES string of the molecule is O=S(OCCOCC(F)(F)F)OCCOCC(F)(F)F. The minimum absolute atomic E-state index is 0.425. The summed E-state index contributed by atoms with van der Waals surface area (Å²) >= 11 is -2.29. The van der Waals surface area contributed by atoms with Gasteiger partial charge in [-0.1, -0.05) is 0 Å². The van der Waals surface area contributed by atoms with Gasteiger partial charge in [0.2, 0.25) is 0 Å². The number of halogens is 6. The van der Waals surface area contributed by atoms with Crippen molar-refractivity contribution in [1.29, 1.82) is 0 Å². The van der Waals surface area contributed by atoms with E-state index in [1.165, 1.54) is 0 Å². The first kappa shape index (κ1) is 19.6. The van der Waals surface area contributed by atoms with Crippen LogP contribution in [-0.4, -0.2) is 56.2 Å². The van der Waals surface area contributed by atoms with Crippen LogP contribution in [0.15, 0.2) is 0 Å². The quantitative estimate of drug-likeness (QED) is 0.450. The predicted octanol–water partition coefficient (Wildman–Crippen LogP) is 1.76. The lowest BCUT2D eigenvalue weighted by atomic mass is 10.7. The van der Waals surface area contributed by atoms with Gasteiger partial charge in [-0.25, -0.2) is 0 Å². The third-order valence-electron chi connectivity index (χ3n) is 1.35. The predicted molar refractivity (Wildman–Crippen MR) is 53.8 cm³/mol. The van der Waals surface area contributed by atoms with Crippen molar-refractivity contribution in [2.24, 2.45) is 0 Å². The second-order valence-electron chi connectivity index (χ2n) is 3.18. The summed E-state index contributed by atoms with van der Waals surface area (Å²) in [5.74, 6) is 0. The van der Waals surface area contributed by atoms with E-state index in [9.17, 15) is 30.6 Å². The summed E-state index contributed by atoms with van der Waals surface area (Å²) in [6.07, 6.45) is -8.93. The first-order valence-electron chi connectivity index (χ1n) is 5.07. The third-order valence-corrected chi connectivity index (χ3v) is 2.06. The summed E-state index contributed by atoms with van der Waals surface area (Å²) < 4.78 is 97.6. The zero-order valence-corrected chi connectivity index (χ0v) is 10.8. The smallest absolute Gasteiger partial charge is 0.370 e. The first-order valence-corrected chi connectivity index (χ1v) is 6.07. The summed E-state index contributed by atoms with van der Waals surface area (Å²) in [6.45, 7) is -4.69. The third kappa shape index (κ3) is 15.6. The van der Waals surface area contributed by atoms with E-state index < -0.39 is 63.4 Å². The Balaban J connectivity index is 3.38. The molecule has 0 unspecified atom stereocenters. The van der Waals surface area contributed by atoms with Crippen LogP contribution in [0, 0.1) is 0 Å². The highest BCUT2D eigenvalue weighted by atomic mass is 32.2. The van der Waals surface area contributed by atoms with Crippen LogP contribution >= 0.6 is 0 Å². The zero-order chi connectivity index (χ0) is 15.6. The van der Waals surface area contributed by atoms with Gasteiger partial charge in [-0.2, -0.15) is 30.6 Å². The lowest BCUT2D eigenvalue weighted by Crippen LogP contribution is -2.20. The molecule has 0 saturated carbocycles. The van der Waals surface area contributed by atoms with E-state index in [2.05, 4.69) is 17.8 Å². The number of alkyl halides is 6. The van der Waals surface area contributed by atoms with Crippen molar-refractivity contribution in [3.8, 4) is 0 Å². The second-order valence-corrected chi connectivity index (χ2v) is 4.06. The summed E-state index contributed by atoms with van der Waals surface area (Å²) in [4.78, 5) is 0. The summed E-state index contributed by atoms with van der Waals surface area (Å²) in [6, 6.07) is 0. The van der Waals surface area contributed by atoms with Gasteiger partial charge in [0.1, 0.15) is 13.2 Å². The molecular weight excluding hydrogens is 322 g/mol. The number of hydrogen-bond acceptors (Lipinski definition) is 5. The lowest BCUT2D eigenvalue weighted by molar-refractivity contribution is -0.175. The Labute approximate surface area is 113 Å². The molecule has 0 rings (SSSR count). The molecule has 0 amide bonds. The Kier molecular flexibility index (Phi) is 9.29. The van der Waals surface area contributed by atoms with Crippen molar-refractivity contribution >= 4 is 11.4 Å². The highest BCUT2D eigenvalue weighted by Gasteiger charge is 2.27. The molecule has 5 nitrogen and oxygen atoms in total. The van der Waals surface area contributed by atoms with Gasteiger partial charge in [0, 0.05) is 0 Å². The van der Waals surface area contributed by atoms with Crippen LogP contribution in [0.3, 0.4) is 0 Å². The van der Waals surface area contributed by atoms with E-state index in [1.807, 2.05) is 0 Å². The van der Waals surface area contributed by atoms with Gasteiger partial charge >= 0.3 is 23.7 Å². The average Bonchev–Trinajstić information content (AvgIpc) is 2.25. The molecule has 0 aliphatic rings. The topological polar surface area (TPSA) is 54.0 Å². The Morgan fingerprint density at radius 2 is 1.05 bits per heavy atom. The van der Waals surface area contributed by atoms with Crippen LogP contribution in [0.1, 0.15) is 0 Å². The molecule has 122 valence electrons. The monoisotopic (exact) mass is 334 g/mol.